The van der Waals surface area contributed by atoms with Gasteiger partial charge in [-0.05, 0) is 43.9 Å². The van der Waals surface area contributed by atoms with Crippen molar-refractivity contribution in [1.29, 1.82) is 0 Å². The number of aromatic nitrogens is 1. The summed E-state index contributed by atoms with van der Waals surface area (Å²) in [6.07, 6.45) is 3.12. The first-order chi connectivity index (χ1) is 13.2. The Hall–Kier alpha value is -2.40. The van der Waals surface area contributed by atoms with Crippen LogP contribution >= 0.6 is 11.3 Å². The van der Waals surface area contributed by atoms with Gasteiger partial charge in [-0.25, -0.2) is 4.98 Å². The summed E-state index contributed by atoms with van der Waals surface area (Å²) in [7, 11) is 0. The van der Waals surface area contributed by atoms with Crippen LogP contribution in [-0.4, -0.2) is 28.4 Å². The van der Waals surface area contributed by atoms with Crippen molar-refractivity contribution in [3.63, 3.8) is 0 Å². The van der Waals surface area contributed by atoms with Gasteiger partial charge in [-0.1, -0.05) is 37.3 Å². The molecule has 0 saturated carbocycles. The number of rotatable bonds is 5. The van der Waals surface area contributed by atoms with E-state index in [-0.39, 0.29) is 11.9 Å². The van der Waals surface area contributed by atoms with Crippen LogP contribution in [0.1, 0.15) is 53.9 Å². The molecule has 27 heavy (non-hydrogen) atoms. The van der Waals surface area contributed by atoms with Crippen molar-refractivity contribution in [2.75, 3.05) is 6.54 Å². The normalized spacial score (nSPS) is 18.0. The quantitative estimate of drug-likeness (QED) is 0.586. The van der Waals surface area contributed by atoms with Gasteiger partial charge in [0.2, 0.25) is 0 Å². The average Bonchev–Trinajstić information content (AvgIpc) is 3.43. The molecule has 1 saturated heterocycles. The van der Waals surface area contributed by atoms with Gasteiger partial charge in [-0.2, -0.15) is 0 Å². The third-order valence-electron chi connectivity index (χ3n) is 5.37. The Labute approximate surface area is 163 Å². The summed E-state index contributed by atoms with van der Waals surface area (Å²) in [4.78, 5) is 19.8. The lowest BCUT2D eigenvalue weighted by atomic mass is 9.87. The highest BCUT2D eigenvalue weighted by atomic mass is 32.1. The summed E-state index contributed by atoms with van der Waals surface area (Å²) in [5, 5.41) is 2.62. The van der Waals surface area contributed by atoms with E-state index >= 15 is 0 Å². The number of aryl methyl sites for hydroxylation is 1. The highest BCUT2D eigenvalue weighted by Gasteiger charge is 2.35. The first kappa shape index (κ1) is 18.0. The Morgan fingerprint density at radius 3 is 2.81 bits per heavy atom. The molecule has 1 fully saturated rings. The SMILES string of the molecule is CC[C@H](c1ccccc1)[C@@H]1CCCN1C(=O)c1csc(-c2ccc(C)o2)n1. The third-order valence-corrected chi connectivity index (χ3v) is 6.22. The number of furan rings is 1. The highest BCUT2D eigenvalue weighted by Crippen LogP contribution is 2.35. The van der Waals surface area contributed by atoms with Crippen molar-refractivity contribution < 1.29 is 9.21 Å². The molecule has 0 radical (unpaired) electrons. The molecule has 2 aromatic heterocycles. The van der Waals surface area contributed by atoms with Crippen LogP contribution in [0.25, 0.3) is 10.8 Å². The van der Waals surface area contributed by atoms with Crippen LogP contribution in [-0.2, 0) is 0 Å². The van der Waals surface area contributed by atoms with Crippen molar-refractivity contribution in [2.45, 2.75) is 45.1 Å². The number of carbonyl (C=O) groups excluding carboxylic acids is 1. The number of nitrogens with zero attached hydrogens (tertiary/aromatic N) is 2. The second-order valence-corrected chi connectivity index (χ2v) is 7.94. The molecule has 5 heteroatoms. The topological polar surface area (TPSA) is 46.3 Å². The molecule has 4 rings (SSSR count). The van der Waals surface area contributed by atoms with Crippen molar-refractivity contribution in [2.24, 2.45) is 0 Å². The van der Waals surface area contributed by atoms with E-state index in [2.05, 4.69) is 36.2 Å². The van der Waals surface area contributed by atoms with Gasteiger partial charge in [0.25, 0.3) is 5.91 Å². The molecule has 0 spiro atoms. The summed E-state index contributed by atoms with van der Waals surface area (Å²) in [6, 6.07) is 14.6. The number of likely N-dealkylation sites (tertiary alicyclic amines) is 1. The van der Waals surface area contributed by atoms with Crippen molar-refractivity contribution in [1.82, 2.24) is 9.88 Å². The summed E-state index contributed by atoms with van der Waals surface area (Å²) >= 11 is 1.46. The van der Waals surface area contributed by atoms with E-state index in [0.717, 1.165) is 42.3 Å². The molecule has 140 valence electrons. The lowest BCUT2D eigenvalue weighted by Crippen LogP contribution is -2.39. The smallest absolute Gasteiger partial charge is 0.273 e. The lowest BCUT2D eigenvalue weighted by molar-refractivity contribution is 0.0709. The van der Waals surface area contributed by atoms with Crippen LogP contribution in [0.4, 0.5) is 0 Å². The number of benzene rings is 1. The Morgan fingerprint density at radius 1 is 1.30 bits per heavy atom. The molecule has 3 aromatic rings. The molecule has 0 unspecified atom stereocenters. The van der Waals surface area contributed by atoms with Crippen LogP contribution in [0, 0.1) is 6.92 Å². The molecule has 0 bridgehead atoms. The molecule has 2 atom stereocenters. The second-order valence-electron chi connectivity index (χ2n) is 7.08. The summed E-state index contributed by atoms with van der Waals surface area (Å²) in [5.74, 6) is 1.98. The minimum atomic E-state index is 0.0395. The zero-order valence-corrected chi connectivity index (χ0v) is 16.5. The van der Waals surface area contributed by atoms with E-state index in [9.17, 15) is 4.79 Å². The van der Waals surface area contributed by atoms with Crippen molar-refractivity contribution in [3.05, 3.63) is 64.9 Å². The Kier molecular flexibility index (Phi) is 5.12. The molecule has 0 aliphatic carbocycles. The molecule has 1 aliphatic rings. The molecular weight excluding hydrogens is 356 g/mol. The molecule has 3 heterocycles. The Bertz CT molecular complexity index is 915. The van der Waals surface area contributed by atoms with Crippen LogP contribution in [0.2, 0.25) is 0 Å². The van der Waals surface area contributed by atoms with Gasteiger partial charge in [-0.15, -0.1) is 11.3 Å². The first-order valence-corrected chi connectivity index (χ1v) is 10.4. The molecular formula is C22H24N2O2S. The van der Waals surface area contributed by atoms with E-state index < -0.39 is 0 Å². The first-order valence-electron chi connectivity index (χ1n) is 9.55. The van der Waals surface area contributed by atoms with E-state index in [1.165, 1.54) is 16.9 Å². The standard InChI is InChI=1S/C22H24N2O2S/c1-3-17(16-8-5-4-6-9-16)19-10-7-13-24(19)22(25)18-14-27-21(23-18)20-12-11-15(2)26-20/h4-6,8-9,11-12,14,17,19H,3,7,10,13H2,1-2H3/t17-,19+/m1/s1. The fraction of sp³-hybridized carbons (Fsp3) is 0.364. The maximum Gasteiger partial charge on any atom is 0.273 e. The minimum Gasteiger partial charge on any atom is -0.459 e. The summed E-state index contributed by atoms with van der Waals surface area (Å²) in [5.41, 5.74) is 1.84. The van der Waals surface area contributed by atoms with Gasteiger partial charge in [0.15, 0.2) is 10.8 Å². The number of hydrogen-bond donors (Lipinski definition) is 0. The van der Waals surface area contributed by atoms with E-state index in [0.29, 0.717) is 11.6 Å². The zero-order valence-electron chi connectivity index (χ0n) is 15.7. The molecule has 1 aliphatic heterocycles. The van der Waals surface area contributed by atoms with Gasteiger partial charge in [0.05, 0.1) is 0 Å². The van der Waals surface area contributed by atoms with Crippen LogP contribution in [0.5, 0.6) is 0 Å². The van der Waals surface area contributed by atoms with Gasteiger partial charge in [0.1, 0.15) is 11.5 Å². The van der Waals surface area contributed by atoms with E-state index in [4.69, 9.17) is 4.42 Å². The Morgan fingerprint density at radius 2 is 2.11 bits per heavy atom. The van der Waals surface area contributed by atoms with Crippen LogP contribution in [0.3, 0.4) is 0 Å². The van der Waals surface area contributed by atoms with Crippen molar-refractivity contribution in [3.8, 4) is 10.8 Å². The number of amides is 1. The molecule has 4 nitrogen and oxygen atoms in total. The second kappa shape index (κ2) is 7.69. The average molecular weight is 381 g/mol. The fourth-order valence-corrected chi connectivity index (χ4v) is 4.83. The van der Waals surface area contributed by atoms with Gasteiger partial charge >= 0.3 is 0 Å². The number of hydrogen-bond acceptors (Lipinski definition) is 4. The Balaban J connectivity index is 1.57. The monoisotopic (exact) mass is 380 g/mol. The van der Waals surface area contributed by atoms with Crippen LogP contribution < -0.4 is 0 Å². The van der Waals surface area contributed by atoms with Gasteiger partial charge < -0.3 is 9.32 Å². The molecule has 1 amide bonds. The maximum atomic E-state index is 13.2. The van der Waals surface area contributed by atoms with E-state index in [1.807, 2.05) is 35.4 Å². The largest absolute Gasteiger partial charge is 0.459 e. The predicted octanol–water partition coefficient (Wildman–Crippen LogP) is 5.51. The van der Waals surface area contributed by atoms with Crippen LogP contribution in [0.15, 0.2) is 52.3 Å². The highest BCUT2D eigenvalue weighted by molar-refractivity contribution is 7.13. The number of carbonyl (C=O) groups is 1. The summed E-state index contributed by atoms with van der Waals surface area (Å²) in [6.45, 7) is 4.92. The van der Waals surface area contributed by atoms with Gasteiger partial charge in [-0.3, -0.25) is 4.79 Å². The minimum absolute atomic E-state index is 0.0395. The van der Waals surface area contributed by atoms with Crippen molar-refractivity contribution >= 4 is 17.2 Å². The molecule has 0 N–H and O–H groups in total. The van der Waals surface area contributed by atoms with E-state index in [1.54, 1.807) is 0 Å². The predicted molar refractivity (Wildman–Crippen MR) is 108 cm³/mol. The zero-order chi connectivity index (χ0) is 18.8. The van der Waals surface area contributed by atoms with Gasteiger partial charge in [0, 0.05) is 23.9 Å². The summed E-state index contributed by atoms with van der Waals surface area (Å²) < 4.78 is 5.65. The maximum absolute atomic E-state index is 13.2. The lowest BCUT2D eigenvalue weighted by Gasteiger charge is -2.31. The third kappa shape index (κ3) is 3.56. The molecule has 1 aromatic carbocycles. The fourth-order valence-electron chi connectivity index (χ4n) is 4.07. The number of thiazole rings is 1.